The van der Waals surface area contributed by atoms with Crippen molar-refractivity contribution in [2.45, 2.75) is 6.92 Å². The molecule has 6 nitrogen and oxygen atoms in total. The molecule has 0 saturated heterocycles. The number of carbonyl (C=O) groups excluding carboxylic acids is 1. The van der Waals surface area contributed by atoms with Crippen LogP contribution in [0.4, 0.5) is 11.4 Å². The van der Waals surface area contributed by atoms with Crippen LogP contribution < -0.4 is 10.6 Å². The molecule has 0 bridgehead atoms. The maximum atomic E-state index is 12.5. The summed E-state index contributed by atoms with van der Waals surface area (Å²) in [6, 6.07) is 9.73. The number of thiophene rings is 1. The second-order valence-corrected chi connectivity index (χ2v) is 7.78. The average molecular weight is 440 g/mol. The highest BCUT2D eigenvalue weighted by atomic mass is 35.5. The van der Waals surface area contributed by atoms with Gasteiger partial charge in [-0.25, -0.2) is 0 Å². The summed E-state index contributed by atoms with van der Waals surface area (Å²) in [5, 5.41) is 18.0. The summed E-state index contributed by atoms with van der Waals surface area (Å²) >= 11 is 18.6. The molecule has 2 N–H and O–H groups in total. The summed E-state index contributed by atoms with van der Waals surface area (Å²) in [5.41, 5.74) is 0.802. The largest absolute Gasteiger partial charge is 0.332 e. The number of halogens is 2. The molecule has 0 aliphatic rings. The minimum Gasteiger partial charge on any atom is -0.332 e. The lowest BCUT2D eigenvalue weighted by Gasteiger charge is -2.11. The van der Waals surface area contributed by atoms with Gasteiger partial charge in [-0.3, -0.25) is 20.2 Å². The van der Waals surface area contributed by atoms with E-state index in [4.69, 9.17) is 35.4 Å². The molecule has 3 rings (SSSR count). The van der Waals surface area contributed by atoms with Crippen LogP contribution in [-0.2, 0) is 0 Å². The number of amides is 1. The van der Waals surface area contributed by atoms with E-state index in [-0.39, 0.29) is 10.8 Å². The average Bonchev–Trinajstić information content (AvgIpc) is 2.92. The van der Waals surface area contributed by atoms with Crippen LogP contribution >= 0.6 is 46.8 Å². The molecule has 0 saturated carbocycles. The standard InChI is InChI=1S/C17H11Cl2N3O3S2/c1-8-11(3-2-4-12(8)22(24)25)20-17(26)21-16(23)15-14(19)10-6-5-9(18)7-13(10)27-15/h2-7H,1H3,(H2,20,21,23,26). The van der Waals surface area contributed by atoms with Crippen LogP contribution in [0.15, 0.2) is 36.4 Å². The predicted octanol–water partition coefficient (Wildman–Crippen LogP) is 5.55. The van der Waals surface area contributed by atoms with Gasteiger partial charge in [-0.05, 0) is 37.3 Å². The Hall–Kier alpha value is -2.26. The molecule has 1 heterocycles. The van der Waals surface area contributed by atoms with Crippen LogP contribution in [-0.4, -0.2) is 15.9 Å². The predicted molar refractivity (Wildman–Crippen MR) is 113 cm³/mol. The summed E-state index contributed by atoms with van der Waals surface area (Å²) in [4.78, 5) is 23.4. The van der Waals surface area contributed by atoms with Gasteiger partial charge >= 0.3 is 0 Å². The van der Waals surface area contributed by atoms with Crippen molar-refractivity contribution in [3.8, 4) is 0 Å². The van der Waals surface area contributed by atoms with Crippen molar-refractivity contribution < 1.29 is 9.72 Å². The zero-order valence-corrected chi connectivity index (χ0v) is 16.9. The topological polar surface area (TPSA) is 84.3 Å². The molecular formula is C17H11Cl2N3O3S2. The van der Waals surface area contributed by atoms with Crippen LogP contribution in [0.5, 0.6) is 0 Å². The van der Waals surface area contributed by atoms with Gasteiger partial charge in [0.05, 0.1) is 21.2 Å². The van der Waals surface area contributed by atoms with Crippen molar-refractivity contribution >= 4 is 79.2 Å². The number of carbonyl (C=O) groups is 1. The SMILES string of the molecule is Cc1c(NC(=S)NC(=O)c2sc3cc(Cl)ccc3c2Cl)cccc1[N+](=O)[O-]. The first-order valence-electron chi connectivity index (χ1n) is 7.52. The molecule has 0 aliphatic heterocycles. The Morgan fingerprint density at radius 2 is 2.00 bits per heavy atom. The van der Waals surface area contributed by atoms with Crippen molar-refractivity contribution in [2.75, 3.05) is 5.32 Å². The van der Waals surface area contributed by atoms with Crippen molar-refractivity contribution in [2.24, 2.45) is 0 Å². The number of fused-ring (bicyclic) bond motifs is 1. The minimum absolute atomic E-state index is 0.00940. The number of anilines is 1. The van der Waals surface area contributed by atoms with E-state index in [0.717, 1.165) is 10.1 Å². The highest BCUT2D eigenvalue weighted by Gasteiger charge is 2.19. The number of thiocarbonyl (C=S) groups is 1. The number of nitro benzene ring substituents is 1. The Labute approximate surface area is 173 Å². The number of benzene rings is 2. The van der Waals surface area contributed by atoms with Gasteiger partial charge in [-0.1, -0.05) is 35.3 Å². The maximum Gasteiger partial charge on any atom is 0.274 e. The number of rotatable bonds is 3. The highest BCUT2D eigenvalue weighted by molar-refractivity contribution is 7.80. The number of nitrogens with zero attached hydrogens (tertiary/aromatic N) is 1. The van der Waals surface area contributed by atoms with Gasteiger partial charge < -0.3 is 5.32 Å². The molecule has 0 fully saturated rings. The Morgan fingerprint density at radius 3 is 2.70 bits per heavy atom. The van der Waals surface area contributed by atoms with Gasteiger partial charge in [0.1, 0.15) is 4.88 Å². The van der Waals surface area contributed by atoms with Gasteiger partial charge in [-0.2, -0.15) is 0 Å². The fourth-order valence-corrected chi connectivity index (χ4v) is 4.35. The first-order chi connectivity index (χ1) is 12.8. The lowest BCUT2D eigenvalue weighted by atomic mass is 10.1. The Balaban J connectivity index is 1.79. The van der Waals surface area contributed by atoms with E-state index >= 15 is 0 Å². The van der Waals surface area contributed by atoms with Crippen LogP contribution in [0.3, 0.4) is 0 Å². The number of nitro groups is 1. The van der Waals surface area contributed by atoms with Gasteiger partial charge in [0.25, 0.3) is 11.6 Å². The van der Waals surface area contributed by atoms with Gasteiger partial charge in [0.2, 0.25) is 0 Å². The normalized spacial score (nSPS) is 10.6. The zero-order valence-electron chi connectivity index (χ0n) is 13.7. The smallest absolute Gasteiger partial charge is 0.274 e. The van der Waals surface area contributed by atoms with Crippen molar-refractivity contribution in [3.05, 3.63) is 67.0 Å². The molecule has 0 spiro atoms. The van der Waals surface area contributed by atoms with Gasteiger partial charge in [0, 0.05) is 21.2 Å². The first kappa shape index (κ1) is 19.5. The van der Waals surface area contributed by atoms with Crippen LogP contribution in [0.25, 0.3) is 10.1 Å². The summed E-state index contributed by atoms with van der Waals surface area (Å²) in [6.07, 6.45) is 0. The van der Waals surface area contributed by atoms with Gasteiger partial charge in [-0.15, -0.1) is 11.3 Å². The van der Waals surface area contributed by atoms with E-state index in [2.05, 4.69) is 10.6 Å². The third kappa shape index (κ3) is 4.03. The third-order valence-corrected chi connectivity index (χ3v) is 5.87. The number of hydrogen-bond acceptors (Lipinski definition) is 5. The molecule has 0 aliphatic carbocycles. The van der Waals surface area contributed by atoms with Crippen LogP contribution in [0.2, 0.25) is 10.0 Å². The molecule has 0 atom stereocenters. The molecule has 27 heavy (non-hydrogen) atoms. The van der Waals surface area contributed by atoms with E-state index in [1.807, 2.05) is 0 Å². The molecule has 138 valence electrons. The lowest BCUT2D eigenvalue weighted by molar-refractivity contribution is -0.385. The van der Waals surface area contributed by atoms with Gasteiger partial charge in [0.15, 0.2) is 5.11 Å². The molecule has 1 aromatic heterocycles. The summed E-state index contributed by atoms with van der Waals surface area (Å²) in [6.45, 7) is 1.59. The number of nitrogens with one attached hydrogen (secondary N) is 2. The fraction of sp³-hybridized carbons (Fsp3) is 0.0588. The molecule has 3 aromatic rings. The molecule has 1 amide bonds. The summed E-state index contributed by atoms with van der Waals surface area (Å²) in [5.74, 6) is -0.474. The van der Waals surface area contributed by atoms with Crippen molar-refractivity contribution in [1.82, 2.24) is 5.32 Å². The van der Waals surface area contributed by atoms with E-state index in [0.29, 0.717) is 26.2 Å². The second kappa shape index (κ2) is 7.77. The minimum atomic E-state index is -0.482. The van der Waals surface area contributed by atoms with E-state index in [1.165, 1.54) is 23.5 Å². The first-order valence-corrected chi connectivity index (χ1v) is 9.50. The molecule has 10 heteroatoms. The van der Waals surface area contributed by atoms with Crippen molar-refractivity contribution in [3.63, 3.8) is 0 Å². The summed E-state index contributed by atoms with van der Waals surface area (Å²) < 4.78 is 0.783. The quantitative estimate of drug-likeness (QED) is 0.317. The fourth-order valence-electron chi connectivity index (χ4n) is 2.46. The highest BCUT2D eigenvalue weighted by Crippen LogP contribution is 2.36. The molecule has 0 unspecified atom stereocenters. The van der Waals surface area contributed by atoms with Crippen LogP contribution in [0, 0.1) is 17.0 Å². The Morgan fingerprint density at radius 1 is 1.26 bits per heavy atom. The molecule has 2 aromatic carbocycles. The van der Waals surface area contributed by atoms with E-state index < -0.39 is 10.8 Å². The number of hydrogen-bond donors (Lipinski definition) is 2. The monoisotopic (exact) mass is 439 g/mol. The lowest BCUT2D eigenvalue weighted by Crippen LogP contribution is -2.34. The zero-order chi connectivity index (χ0) is 19.7. The van der Waals surface area contributed by atoms with Crippen LogP contribution in [0.1, 0.15) is 15.2 Å². The third-order valence-electron chi connectivity index (χ3n) is 3.77. The molecule has 0 radical (unpaired) electrons. The summed E-state index contributed by atoms with van der Waals surface area (Å²) in [7, 11) is 0. The van der Waals surface area contributed by atoms with E-state index in [1.54, 1.807) is 31.2 Å². The van der Waals surface area contributed by atoms with E-state index in [9.17, 15) is 14.9 Å². The Kier molecular flexibility index (Phi) is 5.61. The molecular weight excluding hydrogens is 429 g/mol. The van der Waals surface area contributed by atoms with Crippen molar-refractivity contribution in [1.29, 1.82) is 0 Å². The maximum absolute atomic E-state index is 12.5. The second-order valence-electron chi connectivity index (χ2n) is 5.50. The Bertz CT molecular complexity index is 1100.